The number of benzene rings is 1. The maximum Gasteiger partial charge on any atom is 0.223 e. The molecule has 0 spiro atoms. The zero-order valence-electron chi connectivity index (χ0n) is 11.3. The minimum atomic E-state index is 0.100. The van der Waals surface area contributed by atoms with Crippen molar-refractivity contribution in [1.29, 1.82) is 0 Å². The lowest BCUT2D eigenvalue weighted by molar-refractivity contribution is -0.122. The van der Waals surface area contributed by atoms with Crippen LogP contribution in [0.3, 0.4) is 0 Å². The summed E-state index contributed by atoms with van der Waals surface area (Å²) >= 11 is 0. The second-order valence-electron chi connectivity index (χ2n) is 5.32. The van der Waals surface area contributed by atoms with Crippen LogP contribution in [0, 0.1) is 5.92 Å². The largest absolute Gasteiger partial charge is 0.453 e. The van der Waals surface area contributed by atoms with E-state index in [2.05, 4.69) is 10.5 Å². The number of para-hydroxylation sites is 1. The minimum Gasteiger partial charge on any atom is -0.453 e. The van der Waals surface area contributed by atoms with Gasteiger partial charge in [0.25, 0.3) is 0 Å². The summed E-state index contributed by atoms with van der Waals surface area (Å²) in [6.07, 6.45) is 1.99. The van der Waals surface area contributed by atoms with Crippen molar-refractivity contribution in [3.63, 3.8) is 0 Å². The van der Waals surface area contributed by atoms with Crippen molar-refractivity contribution in [1.82, 2.24) is 10.5 Å². The Balaban J connectivity index is 1.51. The second kappa shape index (κ2) is 4.77. The molecule has 5 heteroatoms. The lowest BCUT2D eigenvalue weighted by Crippen LogP contribution is -2.24. The molecule has 0 saturated heterocycles. The Kier molecular flexibility index (Phi) is 2.77. The van der Waals surface area contributed by atoms with Gasteiger partial charge in [0.2, 0.25) is 11.7 Å². The van der Waals surface area contributed by atoms with E-state index in [9.17, 15) is 4.79 Å². The first-order valence-corrected chi connectivity index (χ1v) is 7.02. The highest BCUT2D eigenvalue weighted by molar-refractivity contribution is 5.82. The summed E-state index contributed by atoms with van der Waals surface area (Å²) in [7, 11) is 0. The standard InChI is InChI=1S/C16H14N2O3/c19-16(10-5-6-10)17-9-12-8-15(21-18-12)14-7-11-3-1-2-4-13(11)20-14/h1-4,7-8,10H,5-6,9H2,(H,17,19). The van der Waals surface area contributed by atoms with Gasteiger partial charge in [0.1, 0.15) is 11.3 Å². The van der Waals surface area contributed by atoms with Crippen molar-refractivity contribution in [2.75, 3.05) is 0 Å². The molecular formula is C16H14N2O3. The SMILES string of the molecule is O=C(NCc1cc(-c2cc3ccccc3o2)on1)C1CC1. The highest BCUT2D eigenvalue weighted by Crippen LogP contribution is 2.29. The van der Waals surface area contributed by atoms with E-state index in [1.807, 2.05) is 30.3 Å². The van der Waals surface area contributed by atoms with Gasteiger partial charge in [0.15, 0.2) is 5.76 Å². The van der Waals surface area contributed by atoms with Crippen molar-refractivity contribution < 1.29 is 13.7 Å². The molecule has 1 fully saturated rings. The number of hydrogen-bond donors (Lipinski definition) is 1. The van der Waals surface area contributed by atoms with E-state index in [1.54, 1.807) is 6.07 Å². The van der Waals surface area contributed by atoms with Gasteiger partial charge in [-0.1, -0.05) is 23.4 Å². The maximum atomic E-state index is 11.6. The summed E-state index contributed by atoms with van der Waals surface area (Å²) in [5.41, 5.74) is 1.51. The van der Waals surface area contributed by atoms with E-state index in [0.717, 1.165) is 23.8 Å². The van der Waals surface area contributed by atoms with Crippen LogP contribution in [0.25, 0.3) is 22.5 Å². The van der Waals surface area contributed by atoms with Gasteiger partial charge in [-0.25, -0.2) is 0 Å². The molecule has 0 atom stereocenters. The molecule has 1 saturated carbocycles. The van der Waals surface area contributed by atoms with Gasteiger partial charge >= 0.3 is 0 Å². The lowest BCUT2D eigenvalue weighted by atomic mass is 10.2. The summed E-state index contributed by atoms with van der Waals surface area (Å²) in [6, 6.07) is 11.5. The number of nitrogens with zero attached hydrogens (tertiary/aromatic N) is 1. The fraction of sp³-hybridized carbons (Fsp3) is 0.250. The van der Waals surface area contributed by atoms with Crippen LogP contribution in [0.5, 0.6) is 0 Å². The first kappa shape index (κ1) is 12.2. The molecule has 0 unspecified atom stereocenters. The van der Waals surface area contributed by atoms with Crippen LogP contribution in [0.15, 0.2) is 45.3 Å². The molecule has 4 rings (SSSR count). The number of amides is 1. The topological polar surface area (TPSA) is 68.3 Å². The normalized spacial score (nSPS) is 14.5. The fourth-order valence-corrected chi connectivity index (χ4v) is 2.28. The summed E-state index contributed by atoms with van der Waals surface area (Å²) in [6.45, 7) is 0.388. The van der Waals surface area contributed by atoms with Crippen molar-refractivity contribution in [2.45, 2.75) is 19.4 Å². The van der Waals surface area contributed by atoms with Crippen molar-refractivity contribution in [3.05, 3.63) is 42.1 Å². The van der Waals surface area contributed by atoms with E-state index in [0.29, 0.717) is 23.8 Å². The molecule has 1 amide bonds. The summed E-state index contributed by atoms with van der Waals surface area (Å²) in [5.74, 6) is 1.51. The summed E-state index contributed by atoms with van der Waals surface area (Å²) < 4.78 is 11.0. The van der Waals surface area contributed by atoms with Gasteiger partial charge < -0.3 is 14.3 Å². The number of rotatable bonds is 4. The first-order valence-electron chi connectivity index (χ1n) is 7.02. The third kappa shape index (κ3) is 2.42. The van der Waals surface area contributed by atoms with E-state index in [-0.39, 0.29) is 11.8 Å². The summed E-state index contributed by atoms with van der Waals surface area (Å²) in [4.78, 5) is 11.6. The lowest BCUT2D eigenvalue weighted by Gasteiger charge is -1.99. The van der Waals surface area contributed by atoms with Crippen LogP contribution in [-0.2, 0) is 11.3 Å². The van der Waals surface area contributed by atoms with E-state index >= 15 is 0 Å². The molecule has 2 aromatic heterocycles. The smallest absolute Gasteiger partial charge is 0.223 e. The Hall–Kier alpha value is -2.56. The molecule has 3 aromatic rings. The van der Waals surface area contributed by atoms with Crippen LogP contribution >= 0.6 is 0 Å². The van der Waals surface area contributed by atoms with E-state index < -0.39 is 0 Å². The van der Waals surface area contributed by atoms with Crippen LogP contribution in [0.2, 0.25) is 0 Å². The average molecular weight is 282 g/mol. The zero-order valence-corrected chi connectivity index (χ0v) is 11.3. The molecule has 2 heterocycles. The number of hydrogen-bond acceptors (Lipinski definition) is 4. The highest BCUT2D eigenvalue weighted by atomic mass is 16.5. The molecule has 106 valence electrons. The maximum absolute atomic E-state index is 11.6. The Morgan fingerprint density at radius 2 is 2.10 bits per heavy atom. The molecule has 21 heavy (non-hydrogen) atoms. The van der Waals surface area contributed by atoms with Crippen LogP contribution in [0.1, 0.15) is 18.5 Å². The van der Waals surface area contributed by atoms with E-state index in [4.69, 9.17) is 8.94 Å². The first-order chi connectivity index (χ1) is 10.3. The molecule has 1 aliphatic carbocycles. The van der Waals surface area contributed by atoms with Gasteiger partial charge in [-0.05, 0) is 25.0 Å². The number of furan rings is 1. The van der Waals surface area contributed by atoms with Crippen molar-refractivity contribution >= 4 is 16.9 Å². The van der Waals surface area contributed by atoms with Gasteiger partial charge in [-0.2, -0.15) is 0 Å². The highest BCUT2D eigenvalue weighted by Gasteiger charge is 2.29. The number of aromatic nitrogens is 1. The second-order valence-corrected chi connectivity index (χ2v) is 5.32. The molecule has 0 radical (unpaired) electrons. The summed E-state index contributed by atoms with van der Waals surface area (Å²) in [5, 5.41) is 7.85. The monoisotopic (exact) mass is 282 g/mol. The number of carbonyl (C=O) groups excluding carboxylic acids is 1. The van der Waals surface area contributed by atoms with E-state index in [1.165, 1.54) is 0 Å². The molecular weight excluding hydrogens is 268 g/mol. The Morgan fingerprint density at radius 3 is 2.90 bits per heavy atom. The quantitative estimate of drug-likeness (QED) is 0.798. The van der Waals surface area contributed by atoms with Crippen molar-refractivity contribution in [3.8, 4) is 11.5 Å². The predicted molar refractivity (Wildman–Crippen MR) is 76.3 cm³/mol. The zero-order chi connectivity index (χ0) is 14.2. The van der Waals surface area contributed by atoms with Gasteiger partial charge in [-0.3, -0.25) is 4.79 Å². The molecule has 5 nitrogen and oxygen atoms in total. The Morgan fingerprint density at radius 1 is 1.24 bits per heavy atom. The minimum absolute atomic E-state index is 0.100. The van der Waals surface area contributed by atoms with Crippen LogP contribution < -0.4 is 5.32 Å². The fourth-order valence-electron chi connectivity index (χ4n) is 2.28. The molecule has 1 aromatic carbocycles. The Bertz CT molecular complexity index is 766. The van der Waals surface area contributed by atoms with Gasteiger partial charge in [0, 0.05) is 17.4 Å². The van der Waals surface area contributed by atoms with Crippen LogP contribution in [-0.4, -0.2) is 11.1 Å². The van der Waals surface area contributed by atoms with Gasteiger partial charge in [0.05, 0.1) is 6.54 Å². The molecule has 1 aliphatic rings. The third-order valence-corrected chi connectivity index (χ3v) is 3.62. The number of fused-ring (bicyclic) bond motifs is 1. The molecule has 0 bridgehead atoms. The predicted octanol–water partition coefficient (Wildman–Crippen LogP) is 3.11. The van der Waals surface area contributed by atoms with Gasteiger partial charge in [-0.15, -0.1) is 0 Å². The molecule has 0 aliphatic heterocycles. The Labute approximate surface area is 120 Å². The van der Waals surface area contributed by atoms with Crippen molar-refractivity contribution in [2.24, 2.45) is 5.92 Å². The number of nitrogens with one attached hydrogen (secondary N) is 1. The third-order valence-electron chi connectivity index (χ3n) is 3.62. The average Bonchev–Trinajstić information content (AvgIpc) is 3.10. The molecule has 1 N–H and O–H groups in total. The number of carbonyl (C=O) groups is 1. The van der Waals surface area contributed by atoms with Crippen LogP contribution in [0.4, 0.5) is 0 Å².